The summed E-state index contributed by atoms with van der Waals surface area (Å²) in [7, 11) is 0. The number of hydrogen-bond donors (Lipinski definition) is 1. The van der Waals surface area contributed by atoms with E-state index in [1.54, 1.807) is 0 Å². The maximum absolute atomic E-state index is 13.5. The first kappa shape index (κ1) is 23.4. The molecule has 0 saturated heterocycles. The monoisotopic (exact) mass is 440 g/mol. The molecule has 2 atom stereocenters. The zero-order chi connectivity index (χ0) is 22.4. The van der Waals surface area contributed by atoms with Gasteiger partial charge in [-0.1, -0.05) is 48.9 Å². The molecule has 5 nitrogen and oxygen atoms in total. The van der Waals surface area contributed by atoms with E-state index in [-0.39, 0.29) is 17.9 Å². The van der Waals surface area contributed by atoms with Crippen LogP contribution < -0.4 is 10.2 Å². The Labute approximate surface area is 189 Å². The predicted molar refractivity (Wildman–Crippen MR) is 126 cm³/mol. The van der Waals surface area contributed by atoms with E-state index in [2.05, 4.69) is 29.6 Å². The first-order valence-corrected chi connectivity index (χ1v) is 11.8. The Bertz CT molecular complexity index is 898. The molecule has 2 aromatic rings. The second-order valence-corrected chi connectivity index (χ2v) is 9.45. The lowest BCUT2D eigenvalue weighted by molar-refractivity contribution is -0.128. The fourth-order valence-electron chi connectivity index (χ4n) is 3.50. The van der Waals surface area contributed by atoms with E-state index in [0.29, 0.717) is 19.7 Å². The molecule has 2 amide bonds. The van der Waals surface area contributed by atoms with Gasteiger partial charge in [0.25, 0.3) is 0 Å². The van der Waals surface area contributed by atoms with Gasteiger partial charge in [-0.25, -0.2) is 0 Å². The van der Waals surface area contributed by atoms with E-state index in [1.165, 1.54) is 17.3 Å². The van der Waals surface area contributed by atoms with Gasteiger partial charge in [0, 0.05) is 18.0 Å². The maximum atomic E-state index is 13.5. The highest BCUT2D eigenvalue weighted by Gasteiger charge is 2.39. The Kier molecular flexibility index (Phi) is 8.15. The Morgan fingerprint density at radius 3 is 2.55 bits per heavy atom. The third kappa shape index (κ3) is 6.11. The van der Waals surface area contributed by atoms with Gasteiger partial charge < -0.3 is 15.0 Å². The van der Waals surface area contributed by atoms with Crippen molar-refractivity contribution in [2.75, 3.05) is 18.1 Å². The summed E-state index contributed by atoms with van der Waals surface area (Å²) in [6.45, 7) is 9.53. The summed E-state index contributed by atoms with van der Waals surface area (Å²) < 4.78 is 5.52. The number of carbonyl (C=O) groups is 2. The van der Waals surface area contributed by atoms with Gasteiger partial charge in [0.05, 0.1) is 24.3 Å². The highest BCUT2D eigenvalue weighted by atomic mass is 32.2. The number of amides is 2. The fourth-order valence-corrected chi connectivity index (χ4v) is 4.78. The summed E-state index contributed by atoms with van der Waals surface area (Å²) in [5.74, 6) is -0.544. The van der Waals surface area contributed by atoms with Crippen molar-refractivity contribution in [1.82, 2.24) is 5.32 Å². The summed E-state index contributed by atoms with van der Waals surface area (Å²) >= 11 is 1.49. The fraction of sp³-hybridized carbons (Fsp3) is 0.440. The normalized spacial score (nSPS) is 16.9. The molecule has 0 saturated carbocycles. The predicted octanol–water partition coefficient (Wildman–Crippen LogP) is 4.57. The van der Waals surface area contributed by atoms with Crippen molar-refractivity contribution in [1.29, 1.82) is 0 Å². The number of nitrogens with zero attached hydrogens (tertiary/aromatic N) is 1. The lowest BCUT2D eigenvalue weighted by atomic mass is 10.0. The van der Waals surface area contributed by atoms with Gasteiger partial charge in [0.15, 0.2) is 0 Å². The number of rotatable bonds is 9. The lowest BCUT2D eigenvalue weighted by Crippen LogP contribution is -2.47. The molecule has 0 bridgehead atoms. The minimum Gasteiger partial charge on any atom is -0.379 e. The maximum Gasteiger partial charge on any atom is 0.241 e. The zero-order valence-electron chi connectivity index (χ0n) is 18.8. The van der Waals surface area contributed by atoms with Gasteiger partial charge in [-0.05, 0) is 44.9 Å². The number of carbonyl (C=O) groups excluding carboxylic acids is 2. The number of hydrogen-bond acceptors (Lipinski definition) is 4. The third-order valence-electron chi connectivity index (χ3n) is 5.32. The number of fused-ring (bicyclic) bond motifs is 1. The van der Waals surface area contributed by atoms with Crippen LogP contribution in [0.4, 0.5) is 5.69 Å². The van der Waals surface area contributed by atoms with Crippen molar-refractivity contribution in [2.24, 2.45) is 5.92 Å². The Morgan fingerprint density at radius 2 is 1.84 bits per heavy atom. The number of ether oxygens (including phenoxy) is 1. The number of nitrogens with one attached hydrogen (secondary N) is 1. The minimum atomic E-state index is -0.452. The van der Waals surface area contributed by atoms with Gasteiger partial charge in [-0.3, -0.25) is 9.59 Å². The molecule has 2 unspecified atom stereocenters. The summed E-state index contributed by atoms with van der Waals surface area (Å²) in [6.07, 6.45) is 0.940. The van der Waals surface area contributed by atoms with Crippen LogP contribution in [0.3, 0.4) is 0 Å². The van der Waals surface area contributed by atoms with Gasteiger partial charge >= 0.3 is 0 Å². The third-order valence-corrected chi connectivity index (χ3v) is 6.78. The molecule has 3 rings (SSSR count). The van der Waals surface area contributed by atoms with E-state index in [9.17, 15) is 9.59 Å². The van der Waals surface area contributed by atoms with Crippen LogP contribution in [-0.2, 0) is 20.9 Å². The van der Waals surface area contributed by atoms with E-state index < -0.39 is 11.2 Å². The molecule has 2 aromatic carbocycles. The molecule has 0 fully saturated rings. The summed E-state index contributed by atoms with van der Waals surface area (Å²) in [5.41, 5.74) is 3.17. The van der Waals surface area contributed by atoms with E-state index in [1.807, 2.05) is 56.9 Å². The van der Waals surface area contributed by atoms with Crippen LogP contribution in [0.2, 0.25) is 0 Å². The Hall–Kier alpha value is -2.31. The first-order chi connectivity index (χ1) is 14.9. The van der Waals surface area contributed by atoms with Gasteiger partial charge in [0.1, 0.15) is 5.25 Å². The van der Waals surface area contributed by atoms with Crippen molar-refractivity contribution in [3.8, 4) is 0 Å². The Balaban J connectivity index is 1.70. The largest absolute Gasteiger partial charge is 0.379 e. The molecule has 0 aliphatic carbocycles. The molecule has 0 spiro atoms. The molecule has 0 aromatic heterocycles. The standard InChI is InChI=1S/C25H32N2O3S/c1-17(2)30-15-7-14-26-24(28)19(4)23-25(29)27(16-20-12-10-18(3)11-13-20)21-8-5-6-9-22(21)31-23/h5-6,8-13,17,19,23H,7,14-16H2,1-4H3,(H,26,28). The van der Waals surface area contributed by atoms with Crippen molar-refractivity contribution < 1.29 is 14.3 Å². The van der Waals surface area contributed by atoms with Gasteiger partial charge in [-0.15, -0.1) is 11.8 Å². The highest BCUT2D eigenvalue weighted by molar-refractivity contribution is 8.01. The van der Waals surface area contributed by atoms with E-state index in [0.717, 1.165) is 22.6 Å². The van der Waals surface area contributed by atoms with Crippen molar-refractivity contribution >= 4 is 29.3 Å². The van der Waals surface area contributed by atoms with Gasteiger partial charge in [0.2, 0.25) is 11.8 Å². The van der Waals surface area contributed by atoms with Gasteiger partial charge in [-0.2, -0.15) is 0 Å². The molecule has 1 aliphatic rings. The van der Waals surface area contributed by atoms with Crippen molar-refractivity contribution in [3.05, 3.63) is 59.7 Å². The average Bonchev–Trinajstić information content (AvgIpc) is 2.75. The van der Waals surface area contributed by atoms with Crippen molar-refractivity contribution in [2.45, 2.75) is 56.9 Å². The van der Waals surface area contributed by atoms with Crippen LogP contribution in [0.25, 0.3) is 0 Å². The van der Waals surface area contributed by atoms with Crippen molar-refractivity contribution in [3.63, 3.8) is 0 Å². The highest BCUT2D eigenvalue weighted by Crippen LogP contribution is 2.42. The molecular formula is C25H32N2O3S. The topological polar surface area (TPSA) is 58.6 Å². The average molecular weight is 441 g/mol. The van der Waals surface area contributed by atoms with Crippen LogP contribution in [0.1, 0.15) is 38.3 Å². The van der Waals surface area contributed by atoms with E-state index >= 15 is 0 Å². The number of benzene rings is 2. The minimum absolute atomic E-state index is 0.0185. The summed E-state index contributed by atoms with van der Waals surface area (Å²) in [6, 6.07) is 16.1. The van der Waals surface area contributed by atoms with Crippen LogP contribution in [0, 0.1) is 12.8 Å². The Morgan fingerprint density at radius 1 is 1.13 bits per heavy atom. The molecule has 31 heavy (non-hydrogen) atoms. The first-order valence-electron chi connectivity index (χ1n) is 10.9. The molecule has 6 heteroatoms. The molecule has 1 aliphatic heterocycles. The second kappa shape index (κ2) is 10.8. The van der Waals surface area contributed by atoms with Crippen LogP contribution in [-0.4, -0.2) is 36.3 Å². The molecular weight excluding hydrogens is 408 g/mol. The van der Waals surface area contributed by atoms with Crippen LogP contribution in [0.15, 0.2) is 53.4 Å². The number of para-hydroxylation sites is 1. The molecule has 1 N–H and O–H groups in total. The number of thioether (sulfide) groups is 1. The zero-order valence-corrected chi connectivity index (χ0v) is 19.6. The van der Waals surface area contributed by atoms with Crippen LogP contribution >= 0.6 is 11.8 Å². The molecule has 166 valence electrons. The number of anilines is 1. The second-order valence-electron chi connectivity index (χ2n) is 8.27. The van der Waals surface area contributed by atoms with E-state index in [4.69, 9.17) is 4.74 Å². The SMILES string of the molecule is Cc1ccc(CN2C(=O)C(C(C)C(=O)NCCCOC(C)C)Sc3ccccc32)cc1. The quantitative estimate of drug-likeness (QED) is 0.581. The summed E-state index contributed by atoms with van der Waals surface area (Å²) in [4.78, 5) is 29.1. The molecule has 1 heterocycles. The smallest absolute Gasteiger partial charge is 0.241 e. The number of aryl methyl sites for hydroxylation is 1. The molecule has 0 radical (unpaired) electrons. The summed E-state index contributed by atoms with van der Waals surface area (Å²) in [5, 5.41) is 2.51. The van der Waals surface area contributed by atoms with Crippen LogP contribution in [0.5, 0.6) is 0 Å². The lowest BCUT2D eigenvalue weighted by Gasteiger charge is -2.35.